The number of rotatable bonds is 3. The van der Waals surface area contributed by atoms with Crippen LogP contribution < -0.4 is 5.32 Å². The number of carbonyl (C=O) groups excluding carboxylic acids is 1. The number of amides is 1. The number of hydrogen-bond donors (Lipinski definition) is 2. The van der Waals surface area contributed by atoms with Gasteiger partial charge in [0.15, 0.2) is 0 Å². The maximum Gasteiger partial charge on any atom is 0.225 e. The standard InChI is InChI=1S/C12H23NO3/c1-11(2,3)10(15)13-7-12(8-14)5-4-6-16-9-12/h14H,4-9H2,1-3H3,(H,13,15). The first-order valence-electron chi connectivity index (χ1n) is 5.87. The Labute approximate surface area is 97.4 Å². The average molecular weight is 229 g/mol. The molecule has 0 aromatic heterocycles. The topological polar surface area (TPSA) is 58.6 Å². The molecule has 0 bridgehead atoms. The third-order valence-corrected chi connectivity index (χ3v) is 3.04. The Kier molecular flexibility index (Phi) is 4.33. The van der Waals surface area contributed by atoms with Crippen LogP contribution in [0, 0.1) is 10.8 Å². The Morgan fingerprint density at radius 3 is 2.62 bits per heavy atom. The predicted octanol–water partition coefficient (Wildman–Crippen LogP) is 0.938. The molecule has 1 amide bonds. The fourth-order valence-electron chi connectivity index (χ4n) is 1.76. The number of ether oxygens (including phenoxy) is 1. The van der Waals surface area contributed by atoms with Crippen molar-refractivity contribution < 1.29 is 14.6 Å². The van der Waals surface area contributed by atoms with Gasteiger partial charge in [-0.15, -0.1) is 0 Å². The van der Waals surface area contributed by atoms with Gasteiger partial charge in [0.05, 0.1) is 13.2 Å². The van der Waals surface area contributed by atoms with E-state index in [0.717, 1.165) is 19.4 Å². The lowest BCUT2D eigenvalue weighted by Crippen LogP contribution is -2.47. The van der Waals surface area contributed by atoms with Crippen molar-refractivity contribution in [1.29, 1.82) is 0 Å². The van der Waals surface area contributed by atoms with Crippen molar-refractivity contribution in [2.45, 2.75) is 33.6 Å². The first-order chi connectivity index (χ1) is 7.40. The molecule has 4 heteroatoms. The second-order valence-corrected chi connectivity index (χ2v) is 5.75. The van der Waals surface area contributed by atoms with E-state index in [2.05, 4.69) is 5.32 Å². The molecule has 0 aliphatic carbocycles. The van der Waals surface area contributed by atoms with E-state index in [1.165, 1.54) is 0 Å². The van der Waals surface area contributed by atoms with E-state index in [1.54, 1.807) is 0 Å². The average Bonchev–Trinajstić information content (AvgIpc) is 2.26. The van der Waals surface area contributed by atoms with E-state index >= 15 is 0 Å². The highest BCUT2D eigenvalue weighted by Crippen LogP contribution is 2.27. The lowest BCUT2D eigenvalue weighted by atomic mass is 9.83. The van der Waals surface area contributed by atoms with Gasteiger partial charge >= 0.3 is 0 Å². The zero-order valence-electron chi connectivity index (χ0n) is 10.5. The van der Waals surface area contributed by atoms with Crippen LogP contribution in [-0.4, -0.2) is 37.4 Å². The summed E-state index contributed by atoms with van der Waals surface area (Å²) in [5.74, 6) is 0.0194. The minimum Gasteiger partial charge on any atom is -0.396 e. The zero-order chi connectivity index (χ0) is 12.2. The van der Waals surface area contributed by atoms with E-state index in [0.29, 0.717) is 13.2 Å². The summed E-state index contributed by atoms with van der Waals surface area (Å²) >= 11 is 0. The monoisotopic (exact) mass is 229 g/mol. The van der Waals surface area contributed by atoms with Crippen LogP contribution >= 0.6 is 0 Å². The van der Waals surface area contributed by atoms with Crippen molar-refractivity contribution in [2.24, 2.45) is 10.8 Å². The lowest BCUT2D eigenvalue weighted by molar-refractivity contribution is -0.130. The van der Waals surface area contributed by atoms with Crippen LogP contribution in [0.3, 0.4) is 0 Å². The van der Waals surface area contributed by atoms with E-state index in [9.17, 15) is 9.90 Å². The molecule has 16 heavy (non-hydrogen) atoms. The van der Waals surface area contributed by atoms with Crippen LogP contribution in [0.15, 0.2) is 0 Å². The molecule has 0 aromatic rings. The van der Waals surface area contributed by atoms with Crippen LogP contribution in [0.4, 0.5) is 0 Å². The van der Waals surface area contributed by atoms with Crippen LogP contribution in [0.2, 0.25) is 0 Å². The number of nitrogens with one attached hydrogen (secondary N) is 1. The van der Waals surface area contributed by atoms with Gasteiger partial charge in [0, 0.05) is 24.0 Å². The van der Waals surface area contributed by atoms with Crippen molar-refractivity contribution >= 4 is 5.91 Å². The molecule has 1 atom stereocenters. The fourth-order valence-corrected chi connectivity index (χ4v) is 1.76. The highest BCUT2D eigenvalue weighted by molar-refractivity contribution is 5.81. The Morgan fingerprint density at radius 1 is 1.50 bits per heavy atom. The van der Waals surface area contributed by atoms with Gasteiger partial charge in [0.1, 0.15) is 0 Å². The number of aliphatic hydroxyl groups is 1. The molecule has 1 unspecified atom stereocenters. The molecule has 1 heterocycles. The molecule has 4 nitrogen and oxygen atoms in total. The second kappa shape index (κ2) is 5.15. The van der Waals surface area contributed by atoms with Gasteiger partial charge in [-0.25, -0.2) is 0 Å². The number of carbonyl (C=O) groups is 1. The summed E-state index contributed by atoms with van der Waals surface area (Å²) in [6.07, 6.45) is 1.86. The van der Waals surface area contributed by atoms with Gasteiger partial charge in [0.2, 0.25) is 5.91 Å². The summed E-state index contributed by atoms with van der Waals surface area (Å²) in [5, 5.41) is 12.3. The third kappa shape index (κ3) is 3.46. The molecule has 0 aromatic carbocycles. The quantitative estimate of drug-likeness (QED) is 0.757. The van der Waals surface area contributed by atoms with Crippen molar-refractivity contribution in [3.05, 3.63) is 0 Å². The second-order valence-electron chi connectivity index (χ2n) is 5.75. The predicted molar refractivity (Wildman–Crippen MR) is 62.0 cm³/mol. The molecule has 2 N–H and O–H groups in total. The normalized spacial score (nSPS) is 26.5. The molecule has 1 rings (SSSR count). The maximum absolute atomic E-state index is 11.7. The summed E-state index contributed by atoms with van der Waals surface area (Å²) in [4.78, 5) is 11.7. The summed E-state index contributed by atoms with van der Waals surface area (Å²) < 4.78 is 5.38. The molecular weight excluding hydrogens is 206 g/mol. The summed E-state index contributed by atoms with van der Waals surface area (Å²) in [6, 6.07) is 0. The first-order valence-corrected chi connectivity index (χ1v) is 5.87. The van der Waals surface area contributed by atoms with E-state index in [-0.39, 0.29) is 23.3 Å². The Bertz CT molecular complexity index is 239. The molecule has 1 fully saturated rings. The van der Waals surface area contributed by atoms with Gasteiger partial charge in [-0.3, -0.25) is 4.79 Å². The van der Waals surface area contributed by atoms with Gasteiger partial charge in [-0.05, 0) is 12.8 Å². The minimum absolute atomic E-state index is 0.0194. The Morgan fingerprint density at radius 2 is 2.19 bits per heavy atom. The van der Waals surface area contributed by atoms with Crippen molar-refractivity contribution in [3.63, 3.8) is 0 Å². The summed E-state index contributed by atoms with van der Waals surface area (Å²) in [7, 11) is 0. The summed E-state index contributed by atoms with van der Waals surface area (Å²) in [6.45, 7) is 7.50. The van der Waals surface area contributed by atoms with E-state index in [4.69, 9.17) is 4.74 Å². The molecule has 0 saturated carbocycles. The molecule has 1 aliphatic rings. The van der Waals surface area contributed by atoms with Gasteiger partial charge < -0.3 is 15.2 Å². The molecule has 0 radical (unpaired) electrons. The van der Waals surface area contributed by atoms with Gasteiger partial charge in [0.25, 0.3) is 0 Å². The van der Waals surface area contributed by atoms with Crippen LogP contribution in [0.5, 0.6) is 0 Å². The minimum atomic E-state index is -0.383. The number of aliphatic hydroxyl groups excluding tert-OH is 1. The Hall–Kier alpha value is -0.610. The molecule has 94 valence electrons. The van der Waals surface area contributed by atoms with Crippen LogP contribution in [0.1, 0.15) is 33.6 Å². The third-order valence-electron chi connectivity index (χ3n) is 3.04. The summed E-state index contributed by atoms with van der Waals surface area (Å²) in [5.41, 5.74) is -0.661. The lowest BCUT2D eigenvalue weighted by Gasteiger charge is -2.36. The van der Waals surface area contributed by atoms with Crippen LogP contribution in [0.25, 0.3) is 0 Å². The van der Waals surface area contributed by atoms with Crippen molar-refractivity contribution in [3.8, 4) is 0 Å². The smallest absolute Gasteiger partial charge is 0.225 e. The molecular formula is C12H23NO3. The SMILES string of the molecule is CC(C)(C)C(=O)NCC1(CO)CCCOC1. The zero-order valence-corrected chi connectivity index (χ0v) is 10.5. The molecule has 1 aliphatic heterocycles. The van der Waals surface area contributed by atoms with E-state index < -0.39 is 0 Å². The molecule has 0 spiro atoms. The fraction of sp³-hybridized carbons (Fsp3) is 0.917. The highest BCUT2D eigenvalue weighted by atomic mass is 16.5. The van der Waals surface area contributed by atoms with Crippen LogP contribution in [-0.2, 0) is 9.53 Å². The highest BCUT2D eigenvalue weighted by Gasteiger charge is 2.33. The van der Waals surface area contributed by atoms with Gasteiger partial charge in [-0.2, -0.15) is 0 Å². The largest absolute Gasteiger partial charge is 0.396 e. The van der Waals surface area contributed by atoms with Gasteiger partial charge in [-0.1, -0.05) is 20.8 Å². The maximum atomic E-state index is 11.7. The van der Waals surface area contributed by atoms with Crippen molar-refractivity contribution in [2.75, 3.05) is 26.4 Å². The Balaban J connectivity index is 2.48. The number of hydrogen-bond acceptors (Lipinski definition) is 3. The van der Waals surface area contributed by atoms with E-state index in [1.807, 2.05) is 20.8 Å². The first kappa shape index (κ1) is 13.5. The molecule has 1 saturated heterocycles. The van der Waals surface area contributed by atoms with Crippen molar-refractivity contribution in [1.82, 2.24) is 5.32 Å².